The van der Waals surface area contributed by atoms with Gasteiger partial charge in [-0.1, -0.05) is 12.1 Å². The van der Waals surface area contributed by atoms with Gasteiger partial charge >= 0.3 is 18.2 Å². The average Bonchev–Trinajstić information content (AvgIpc) is 3.44. The molecule has 2 amide bonds. The molecule has 1 saturated heterocycles. The molecule has 1 fully saturated rings. The van der Waals surface area contributed by atoms with Gasteiger partial charge in [-0.15, -0.1) is 10.2 Å². The third kappa shape index (κ3) is 7.89. The molecule has 2 aromatic rings. The van der Waals surface area contributed by atoms with Crippen molar-refractivity contribution >= 4 is 17.7 Å². The van der Waals surface area contributed by atoms with Gasteiger partial charge in [0, 0.05) is 43.3 Å². The summed E-state index contributed by atoms with van der Waals surface area (Å²) >= 11 is 0. The Morgan fingerprint density at radius 2 is 1.81 bits per heavy atom. The van der Waals surface area contributed by atoms with Crippen molar-refractivity contribution in [1.82, 2.24) is 29.5 Å². The van der Waals surface area contributed by atoms with E-state index in [1.165, 1.54) is 0 Å². The number of likely N-dealkylation sites (N-methyl/N-ethyl adjacent to an activating group) is 1. The molecule has 204 valence electrons. The highest BCUT2D eigenvalue weighted by atomic mass is 19.4. The number of anilines is 1. The number of carboxylic acid groups (broad SMARTS) is 1. The van der Waals surface area contributed by atoms with Crippen molar-refractivity contribution in [2.24, 2.45) is 0 Å². The van der Waals surface area contributed by atoms with Crippen LogP contribution in [0.2, 0.25) is 0 Å². The molecule has 2 N–H and O–H groups in total. The number of amides is 2. The number of carbonyl (C=O) groups excluding carboxylic acids is 1. The van der Waals surface area contributed by atoms with Crippen LogP contribution >= 0.6 is 0 Å². The van der Waals surface area contributed by atoms with E-state index < -0.39 is 12.1 Å². The van der Waals surface area contributed by atoms with E-state index in [2.05, 4.69) is 36.9 Å². The maximum Gasteiger partial charge on any atom is 0.490 e. The first-order valence-corrected chi connectivity index (χ1v) is 12.2. The van der Waals surface area contributed by atoms with Crippen LogP contribution in [0.4, 0.5) is 23.7 Å². The van der Waals surface area contributed by atoms with Crippen molar-refractivity contribution in [3.05, 3.63) is 30.1 Å². The first-order chi connectivity index (χ1) is 17.5. The number of alkyl halides is 3. The molecule has 10 nitrogen and oxygen atoms in total. The summed E-state index contributed by atoms with van der Waals surface area (Å²) in [7, 11) is 6.24. The predicted octanol–water partition coefficient (Wildman–Crippen LogP) is 3.01. The minimum Gasteiger partial charge on any atom is -0.475 e. The second kappa shape index (κ2) is 12.4. The number of hydrogen-bond acceptors (Lipinski definition) is 6. The van der Waals surface area contributed by atoms with Crippen molar-refractivity contribution in [3.8, 4) is 11.4 Å². The second-order valence-electron chi connectivity index (χ2n) is 9.54. The SMILES string of the molecule is CN(C)CCN(C(=O)Nc1cccc(-c2nnc3n2CCC3)c1)C1CCN(C)CC1.O=C(O)C(F)(F)F. The predicted molar refractivity (Wildman–Crippen MR) is 132 cm³/mol. The van der Waals surface area contributed by atoms with E-state index in [0.717, 1.165) is 81.3 Å². The number of fused-ring (bicyclic) bond motifs is 1. The van der Waals surface area contributed by atoms with E-state index in [0.29, 0.717) is 0 Å². The van der Waals surface area contributed by atoms with Crippen LogP contribution in [0.5, 0.6) is 0 Å². The molecule has 0 atom stereocenters. The summed E-state index contributed by atoms with van der Waals surface area (Å²) in [4.78, 5) is 28.6. The minimum atomic E-state index is -5.08. The summed E-state index contributed by atoms with van der Waals surface area (Å²) in [5.41, 5.74) is 1.79. The van der Waals surface area contributed by atoms with Gasteiger partial charge in [0.1, 0.15) is 5.82 Å². The summed E-state index contributed by atoms with van der Waals surface area (Å²) < 4.78 is 33.9. The highest BCUT2D eigenvalue weighted by Gasteiger charge is 2.38. The lowest BCUT2D eigenvalue weighted by Crippen LogP contribution is -2.50. The maximum atomic E-state index is 13.2. The van der Waals surface area contributed by atoms with Gasteiger partial charge < -0.3 is 29.7 Å². The molecule has 4 rings (SSSR count). The molecule has 1 aromatic heterocycles. The number of urea groups is 1. The first kappa shape index (κ1) is 28.4. The maximum absolute atomic E-state index is 13.2. The van der Waals surface area contributed by atoms with Crippen molar-refractivity contribution in [1.29, 1.82) is 0 Å². The molecule has 2 aliphatic rings. The van der Waals surface area contributed by atoms with E-state index in [4.69, 9.17) is 9.90 Å². The fraction of sp³-hybridized carbons (Fsp3) is 0.583. The third-order valence-corrected chi connectivity index (χ3v) is 6.40. The monoisotopic (exact) mass is 525 g/mol. The van der Waals surface area contributed by atoms with Gasteiger partial charge in [-0.05, 0) is 65.6 Å². The molecule has 0 radical (unpaired) electrons. The number of rotatable bonds is 6. The number of hydrogen-bond donors (Lipinski definition) is 2. The van der Waals surface area contributed by atoms with Crippen LogP contribution in [-0.4, -0.2) is 106 Å². The Bertz CT molecular complexity index is 1070. The van der Waals surface area contributed by atoms with Gasteiger partial charge in [0.25, 0.3) is 0 Å². The lowest BCUT2D eigenvalue weighted by atomic mass is 10.0. The Morgan fingerprint density at radius 1 is 1.14 bits per heavy atom. The van der Waals surface area contributed by atoms with Crippen molar-refractivity contribution < 1.29 is 27.9 Å². The third-order valence-electron chi connectivity index (χ3n) is 6.40. The lowest BCUT2D eigenvalue weighted by molar-refractivity contribution is -0.192. The Kier molecular flexibility index (Phi) is 9.49. The van der Waals surface area contributed by atoms with Crippen molar-refractivity contribution in [2.45, 2.75) is 44.4 Å². The van der Waals surface area contributed by atoms with E-state index in [1.54, 1.807) is 0 Å². The summed E-state index contributed by atoms with van der Waals surface area (Å²) in [6.07, 6.45) is -0.945. The van der Waals surface area contributed by atoms with E-state index >= 15 is 0 Å². The smallest absolute Gasteiger partial charge is 0.475 e. The van der Waals surface area contributed by atoms with Crippen LogP contribution in [0.1, 0.15) is 25.1 Å². The number of aryl methyl sites for hydroxylation is 1. The molecule has 0 bridgehead atoms. The number of aliphatic carboxylic acids is 1. The summed E-state index contributed by atoms with van der Waals surface area (Å²) in [5.74, 6) is -0.817. The van der Waals surface area contributed by atoms with Crippen LogP contribution in [-0.2, 0) is 17.8 Å². The van der Waals surface area contributed by atoms with Crippen LogP contribution < -0.4 is 5.32 Å². The standard InChI is InChI=1S/C22H33N7O.C2HF3O2/c1-26(2)14-15-28(19-9-12-27(3)13-10-19)22(30)23-18-7-4-6-17(16-18)21-25-24-20-8-5-11-29(20)21;3-2(4,5)1(6)7/h4,6-7,16,19H,5,8-15H2,1-3H3,(H,23,30);(H,6,7). The van der Waals surface area contributed by atoms with Crippen LogP contribution in [0.3, 0.4) is 0 Å². The van der Waals surface area contributed by atoms with E-state index in [1.807, 2.05) is 43.3 Å². The average molecular weight is 526 g/mol. The zero-order valence-corrected chi connectivity index (χ0v) is 21.3. The lowest BCUT2D eigenvalue weighted by Gasteiger charge is -2.37. The number of nitrogens with one attached hydrogen (secondary N) is 1. The van der Waals surface area contributed by atoms with Crippen molar-refractivity contribution in [3.63, 3.8) is 0 Å². The Balaban J connectivity index is 0.000000479. The number of likely N-dealkylation sites (tertiary alicyclic amines) is 1. The van der Waals surface area contributed by atoms with Crippen molar-refractivity contribution in [2.75, 3.05) is 52.6 Å². The quantitative estimate of drug-likeness (QED) is 0.597. The Labute approximate surface area is 214 Å². The second-order valence-corrected chi connectivity index (χ2v) is 9.54. The largest absolute Gasteiger partial charge is 0.490 e. The number of nitrogens with zero attached hydrogens (tertiary/aromatic N) is 6. The molecular formula is C24H34F3N7O3. The number of carbonyl (C=O) groups is 2. The van der Waals surface area contributed by atoms with Gasteiger partial charge in [-0.3, -0.25) is 0 Å². The Hall–Kier alpha value is -3.19. The Morgan fingerprint density at radius 3 is 2.43 bits per heavy atom. The molecule has 2 aliphatic heterocycles. The number of piperidine rings is 1. The highest BCUT2D eigenvalue weighted by molar-refractivity contribution is 5.90. The number of halogens is 3. The number of benzene rings is 1. The highest BCUT2D eigenvalue weighted by Crippen LogP contribution is 2.26. The molecule has 37 heavy (non-hydrogen) atoms. The molecule has 1 aromatic carbocycles. The summed E-state index contributed by atoms with van der Waals surface area (Å²) in [5, 5.41) is 18.9. The summed E-state index contributed by atoms with van der Waals surface area (Å²) in [6, 6.07) is 8.22. The zero-order valence-electron chi connectivity index (χ0n) is 21.3. The van der Waals surface area contributed by atoms with Crippen LogP contribution in [0, 0.1) is 0 Å². The fourth-order valence-electron chi connectivity index (χ4n) is 4.36. The zero-order chi connectivity index (χ0) is 27.2. The van der Waals surface area contributed by atoms with E-state index in [-0.39, 0.29) is 12.1 Å². The number of aromatic nitrogens is 3. The minimum absolute atomic E-state index is 0.0185. The summed E-state index contributed by atoms with van der Waals surface area (Å²) in [6.45, 7) is 4.60. The van der Waals surface area contributed by atoms with E-state index in [9.17, 15) is 18.0 Å². The molecular weight excluding hydrogens is 491 g/mol. The van der Waals surface area contributed by atoms with Gasteiger partial charge in [0.15, 0.2) is 5.82 Å². The fourth-order valence-corrected chi connectivity index (χ4v) is 4.36. The number of carboxylic acids is 1. The molecule has 0 saturated carbocycles. The first-order valence-electron chi connectivity index (χ1n) is 12.2. The van der Waals surface area contributed by atoms with Gasteiger partial charge in [0.2, 0.25) is 0 Å². The molecule has 0 spiro atoms. The van der Waals surface area contributed by atoms with Gasteiger partial charge in [0.05, 0.1) is 0 Å². The molecule has 0 aliphatic carbocycles. The normalized spacial score (nSPS) is 16.2. The van der Waals surface area contributed by atoms with Crippen LogP contribution in [0.25, 0.3) is 11.4 Å². The topological polar surface area (TPSA) is 107 Å². The van der Waals surface area contributed by atoms with Crippen LogP contribution in [0.15, 0.2) is 24.3 Å². The molecule has 13 heteroatoms. The molecule has 3 heterocycles. The van der Waals surface area contributed by atoms with Gasteiger partial charge in [-0.25, -0.2) is 9.59 Å². The van der Waals surface area contributed by atoms with Gasteiger partial charge in [-0.2, -0.15) is 13.2 Å². The molecule has 0 unspecified atom stereocenters.